The fourth-order valence-electron chi connectivity index (χ4n) is 3.08. The Morgan fingerprint density at radius 3 is 2.36 bits per heavy atom. The van der Waals surface area contributed by atoms with Crippen molar-refractivity contribution in [2.75, 3.05) is 6.61 Å². The van der Waals surface area contributed by atoms with Crippen molar-refractivity contribution in [2.45, 2.75) is 34.1 Å². The van der Waals surface area contributed by atoms with E-state index in [1.165, 1.54) is 0 Å². The number of carbonyl (C=O) groups excluding carboxylic acids is 2. The number of nitrogens with one attached hydrogen (secondary N) is 2. The second kappa shape index (κ2) is 8.17. The van der Waals surface area contributed by atoms with Crippen LogP contribution in [0.4, 0.5) is 0 Å². The Balaban J connectivity index is 1.51. The van der Waals surface area contributed by atoms with Crippen LogP contribution < -0.4 is 15.6 Å². The molecule has 28 heavy (non-hydrogen) atoms. The van der Waals surface area contributed by atoms with Gasteiger partial charge in [-0.3, -0.25) is 20.4 Å². The molecule has 0 fully saturated rings. The molecule has 0 unspecified atom stereocenters. The summed E-state index contributed by atoms with van der Waals surface area (Å²) in [6.07, 6.45) is 1.69. The Bertz CT molecular complexity index is 1020. The average molecular weight is 380 g/mol. The number of carbonyl (C=O) groups is 2. The van der Waals surface area contributed by atoms with Gasteiger partial charge in [0.05, 0.1) is 12.7 Å². The molecule has 6 heteroatoms. The highest BCUT2D eigenvalue weighted by Gasteiger charge is 2.13. The molecular weight excluding hydrogens is 356 g/mol. The first-order valence-corrected chi connectivity index (χ1v) is 9.08. The second-order valence-corrected chi connectivity index (χ2v) is 7.03. The van der Waals surface area contributed by atoms with Gasteiger partial charge in [-0.25, -0.2) is 0 Å². The largest absolute Gasteiger partial charge is 0.484 e. The maximum atomic E-state index is 12.2. The molecular formula is C22H24N2O4. The smallest absolute Gasteiger partial charge is 0.276 e. The minimum absolute atomic E-state index is 0.105. The molecule has 0 aliphatic carbocycles. The molecule has 6 nitrogen and oxygen atoms in total. The molecule has 0 spiro atoms. The number of benzene rings is 2. The normalized spacial score (nSPS) is 10.7. The van der Waals surface area contributed by atoms with Gasteiger partial charge in [0.25, 0.3) is 5.91 Å². The Labute approximate surface area is 163 Å². The quantitative estimate of drug-likeness (QED) is 0.665. The second-order valence-electron chi connectivity index (χ2n) is 7.03. The molecule has 1 aromatic heterocycles. The summed E-state index contributed by atoms with van der Waals surface area (Å²) in [4.78, 5) is 24.1. The van der Waals surface area contributed by atoms with E-state index in [0.29, 0.717) is 5.75 Å². The predicted molar refractivity (Wildman–Crippen MR) is 107 cm³/mol. The molecule has 0 radical (unpaired) electrons. The van der Waals surface area contributed by atoms with Crippen molar-refractivity contribution in [3.8, 4) is 5.75 Å². The molecule has 0 saturated carbocycles. The van der Waals surface area contributed by atoms with Crippen LogP contribution in [0.15, 0.2) is 41.0 Å². The molecule has 0 aliphatic heterocycles. The highest BCUT2D eigenvalue weighted by atomic mass is 16.5. The van der Waals surface area contributed by atoms with E-state index in [9.17, 15) is 9.59 Å². The average Bonchev–Trinajstić information content (AvgIpc) is 3.04. The molecule has 0 saturated heterocycles. The van der Waals surface area contributed by atoms with Crippen molar-refractivity contribution in [3.05, 3.63) is 64.4 Å². The highest BCUT2D eigenvalue weighted by molar-refractivity contribution is 5.90. The molecule has 146 valence electrons. The van der Waals surface area contributed by atoms with Gasteiger partial charge in [0, 0.05) is 10.9 Å². The van der Waals surface area contributed by atoms with Gasteiger partial charge in [-0.15, -0.1) is 0 Å². The third-order valence-electron chi connectivity index (χ3n) is 4.60. The third-order valence-corrected chi connectivity index (χ3v) is 4.60. The first kappa shape index (κ1) is 19.5. The molecule has 0 bridgehead atoms. The van der Waals surface area contributed by atoms with Gasteiger partial charge >= 0.3 is 0 Å². The molecule has 2 amide bonds. The molecule has 3 aromatic rings. The van der Waals surface area contributed by atoms with Gasteiger partial charge in [0.15, 0.2) is 6.61 Å². The molecule has 3 rings (SSSR count). The monoisotopic (exact) mass is 380 g/mol. The molecule has 2 aromatic carbocycles. The van der Waals surface area contributed by atoms with Gasteiger partial charge in [-0.1, -0.05) is 18.2 Å². The molecule has 0 aliphatic rings. The number of hydrogen-bond acceptors (Lipinski definition) is 4. The van der Waals surface area contributed by atoms with Crippen LogP contribution >= 0.6 is 0 Å². The summed E-state index contributed by atoms with van der Waals surface area (Å²) in [5.74, 6) is -0.147. The lowest BCUT2D eigenvalue weighted by molar-refractivity contribution is -0.129. The number of aryl methyl sites for hydroxylation is 4. The summed E-state index contributed by atoms with van der Waals surface area (Å²) in [6, 6.07) is 9.68. The maximum absolute atomic E-state index is 12.2. The van der Waals surface area contributed by atoms with Gasteiger partial charge in [-0.05, 0) is 62.1 Å². The van der Waals surface area contributed by atoms with Crippen LogP contribution in [0.1, 0.15) is 27.8 Å². The zero-order valence-corrected chi connectivity index (χ0v) is 16.5. The number of hydrogen-bond donors (Lipinski definition) is 2. The third kappa shape index (κ3) is 4.52. The number of amides is 2. The summed E-state index contributed by atoms with van der Waals surface area (Å²) in [5, 5.41) is 0.905. The predicted octanol–water partition coefficient (Wildman–Crippen LogP) is 3.44. The SMILES string of the molecule is Cc1cc(C)cc(OCC(=O)NNC(=O)Cc2coc3c(C)c(C)ccc23)c1. The minimum Gasteiger partial charge on any atom is -0.484 e. The standard InChI is InChI=1S/C22H24N2O4/c1-13-7-14(2)9-18(8-13)27-12-21(26)24-23-20(25)10-17-11-28-22-16(4)15(3)5-6-19(17)22/h5-9,11H,10,12H2,1-4H3,(H,23,25)(H,24,26). The maximum Gasteiger partial charge on any atom is 0.276 e. The summed E-state index contributed by atoms with van der Waals surface area (Å²) in [6.45, 7) is 7.74. The van der Waals surface area contributed by atoms with Gasteiger partial charge < -0.3 is 9.15 Å². The van der Waals surface area contributed by atoms with Crippen molar-refractivity contribution in [2.24, 2.45) is 0 Å². The Hall–Kier alpha value is -3.28. The topological polar surface area (TPSA) is 80.6 Å². The van der Waals surface area contributed by atoms with Crippen LogP contribution in [-0.2, 0) is 16.0 Å². The number of hydrazine groups is 1. The van der Waals surface area contributed by atoms with Crippen molar-refractivity contribution >= 4 is 22.8 Å². The number of rotatable bonds is 5. The van der Waals surface area contributed by atoms with Gasteiger partial charge in [-0.2, -0.15) is 0 Å². The Morgan fingerprint density at radius 1 is 0.964 bits per heavy atom. The first-order chi connectivity index (χ1) is 13.3. The lowest BCUT2D eigenvalue weighted by atomic mass is 10.0. The van der Waals surface area contributed by atoms with Crippen LogP contribution in [-0.4, -0.2) is 18.4 Å². The zero-order chi connectivity index (χ0) is 20.3. The number of fused-ring (bicyclic) bond motifs is 1. The van der Waals surface area contributed by atoms with E-state index in [2.05, 4.69) is 10.9 Å². The highest BCUT2D eigenvalue weighted by Crippen LogP contribution is 2.26. The summed E-state index contributed by atoms with van der Waals surface area (Å²) < 4.78 is 11.1. The van der Waals surface area contributed by atoms with E-state index in [4.69, 9.17) is 9.15 Å². The Morgan fingerprint density at radius 2 is 1.64 bits per heavy atom. The van der Waals surface area contributed by atoms with E-state index >= 15 is 0 Å². The van der Waals surface area contributed by atoms with Crippen LogP contribution in [0.3, 0.4) is 0 Å². The first-order valence-electron chi connectivity index (χ1n) is 9.08. The summed E-state index contributed by atoms with van der Waals surface area (Å²) in [5.41, 5.74) is 10.6. The van der Waals surface area contributed by atoms with Crippen molar-refractivity contribution in [1.29, 1.82) is 0 Å². The van der Waals surface area contributed by atoms with Crippen LogP contribution in [0, 0.1) is 27.7 Å². The van der Waals surface area contributed by atoms with Crippen LogP contribution in [0.25, 0.3) is 11.0 Å². The van der Waals surface area contributed by atoms with Crippen LogP contribution in [0.5, 0.6) is 5.75 Å². The summed E-state index contributed by atoms with van der Waals surface area (Å²) >= 11 is 0. The van der Waals surface area contributed by atoms with Gasteiger partial charge in [0.1, 0.15) is 11.3 Å². The van der Waals surface area contributed by atoms with Crippen molar-refractivity contribution in [3.63, 3.8) is 0 Å². The zero-order valence-electron chi connectivity index (χ0n) is 16.5. The van der Waals surface area contributed by atoms with E-state index in [1.807, 2.05) is 58.0 Å². The fourth-order valence-corrected chi connectivity index (χ4v) is 3.08. The number of furan rings is 1. The van der Waals surface area contributed by atoms with Crippen molar-refractivity contribution < 1.29 is 18.7 Å². The van der Waals surface area contributed by atoms with E-state index in [0.717, 1.165) is 38.8 Å². The van der Waals surface area contributed by atoms with Gasteiger partial charge in [0.2, 0.25) is 5.91 Å². The molecule has 0 atom stereocenters. The molecule has 2 N–H and O–H groups in total. The number of ether oxygens (including phenoxy) is 1. The van der Waals surface area contributed by atoms with Crippen LogP contribution in [0.2, 0.25) is 0 Å². The summed E-state index contributed by atoms with van der Waals surface area (Å²) in [7, 11) is 0. The van der Waals surface area contributed by atoms with E-state index in [1.54, 1.807) is 6.26 Å². The van der Waals surface area contributed by atoms with E-state index in [-0.39, 0.29) is 18.9 Å². The van der Waals surface area contributed by atoms with Crippen molar-refractivity contribution in [1.82, 2.24) is 10.9 Å². The fraction of sp³-hybridized carbons (Fsp3) is 0.273. The Kier molecular flexibility index (Phi) is 5.68. The molecule has 1 heterocycles. The minimum atomic E-state index is -0.434. The van der Waals surface area contributed by atoms with E-state index < -0.39 is 5.91 Å². The lowest BCUT2D eigenvalue weighted by Gasteiger charge is -2.10. The lowest BCUT2D eigenvalue weighted by Crippen LogP contribution is -2.44.